The zero-order chi connectivity index (χ0) is 40.5. The molecule has 0 bridgehead atoms. The standard InChI is InChI=1S/C44H87O10P/c1-3-5-7-9-11-13-15-17-18-19-20-21-22-23-24-26-28-30-32-34-36-44(48)54-42(40-53-55(49,50)52-38-41(46)37-45)39-51-43(47)35-33-31-29-27-25-16-14-12-10-8-6-4-2/h41-42,45-46H,3-40H2,1-2H3,(H,49,50)/t41-,42+/m0/s1. The van der Waals surface area contributed by atoms with Gasteiger partial charge >= 0.3 is 19.8 Å². The number of rotatable bonds is 44. The molecule has 0 saturated carbocycles. The van der Waals surface area contributed by atoms with Crippen LogP contribution in [0.25, 0.3) is 0 Å². The summed E-state index contributed by atoms with van der Waals surface area (Å²) in [6.45, 7) is 2.42. The minimum atomic E-state index is -4.61. The normalized spacial score (nSPS) is 13.8. The maximum atomic E-state index is 12.6. The van der Waals surface area contributed by atoms with E-state index >= 15 is 0 Å². The van der Waals surface area contributed by atoms with E-state index in [1.54, 1.807) is 0 Å². The van der Waals surface area contributed by atoms with Gasteiger partial charge in [-0.15, -0.1) is 0 Å². The number of unbranched alkanes of at least 4 members (excludes halogenated alkanes) is 30. The van der Waals surface area contributed by atoms with Gasteiger partial charge in [-0.25, -0.2) is 4.57 Å². The summed E-state index contributed by atoms with van der Waals surface area (Å²) in [7, 11) is -4.61. The summed E-state index contributed by atoms with van der Waals surface area (Å²) in [4.78, 5) is 35.0. The van der Waals surface area contributed by atoms with E-state index in [2.05, 4.69) is 13.8 Å². The molecule has 0 aliphatic rings. The lowest BCUT2D eigenvalue weighted by Crippen LogP contribution is -2.29. The number of ether oxygens (including phenoxy) is 2. The Kier molecular flexibility index (Phi) is 40.4. The molecule has 3 atom stereocenters. The molecule has 328 valence electrons. The number of carbonyl (C=O) groups is 2. The Bertz CT molecular complexity index is 889. The summed E-state index contributed by atoms with van der Waals surface area (Å²) in [5.74, 6) is -0.908. The van der Waals surface area contributed by atoms with E-state index in [4.69, 9.17) is 23.6 Å². The monoisotopic (exact) mass is 807 g/mol. The molecule has 0 rings (SSSR count). The van der Waals surface area contributed by atoms with Gasteiger partial charge in [0.1, 0.15) is 12.7 Å². The highest BCUT2D eigenvalue weighted by atomic mass is 31.2. The number of phosphoric ester groups is 1. The van der Waals surface area contributed by atoms with Crippen LogP contribution in [0.5, 0.6) is 0 Å². The van der Waals surface area contributed by atoms with Gasteiger partial charge < -0.3 is 24.6 Å². The van der Waals surface area contributed by atoms with E-state index in [-0.39, 0.29) is 19.4 Å². The highest BCUT2D eigenvalue weighted by Crippen LogP contribution is 2.43. The summed E-state index contributed by atoms with van der Waals surface area (Å²) in [5.41, 5.74) is 0. The molecule has 3 N–H and O–H groups in total. The average Bonchev–Trinajstić information content (AvgIpc) is 3.17. The van der Waals surface area contributed by atoms with Crippen molar-refractivity contribution in [2.45, 2.75) is 244 Å². The second-order valence-corrected chi connectivity index (χ2v) is 17.3. The van der Waals surface area contributed by atoms with E-state index < -0.39 is 51.8 Å². The number of hydrogen-bond acceptors (Lipinski definition) is 9. The Morgan fingerprint density at radius 3 is 1.13 bits per heavy atom. The number of esters is 2. The smallest absolute Gasteiger partial charge is 0.462 e. The Labute approximate surface area is 337 Å². The highest BCUT2D eigenvalue weighted by molar-refractivity contribution is 7.47. The van der Waals surface area contributed by atoms with Crippen molar-refractivity contribution < 1.29 is 47.8 Å². The molecule has 0 aliphatic heterocycles. The van der Waals surface area contributed by atoms with Crippen molar-refractivity contribution in [3.05, 3.63) is 0 Å². The van der Waals surface area contributed by atoms with Gasteiger partial charge in [-0.1, -0.05) is 206 Å². The van der Waals surface area contributed by atoms with E-state index in [1.807, 2.05) is 0 Å². The number of phosphoric acid groups is 1. The first-order chi connectivity index (χ1) is 26.7. The predicted octanol–water partition coefficient (Wildman–Crippen LogP) is 12.2. The van der Waals surface area contributed by atoms with E-state index in [0.717, 1.165) is 38.5 Å². The topological polar surface area (TPSA) is 149 Å². The second-order valence-electron chi connectivity index (χ2n) is 15.8. The molecule has 0 aromatic heterocycles. The molecule has 0 radical (unpaired) electrons. The Morgan fingerprint density at radius 1 is 0.473 bits per heavy atom. The van der Waals surface area contributed by atoms with E-state index in [9.17, 15) is 24.2 Å². The predicted molar refractivity (Wildman–Crippen MR) is 224 cm³/mol. The number of aliphatic hydroxyl groups is 2. The average molecular weight is 807 g/mol. The Balaban J connectivity index is 4.17. The van der Waals surface area contributed by atoms with Gasteiger partial charge in [-0.2, -0.15) is 0 Å². The fourth-order valence-electron chi connectivity index (χ4n) is 6.70. The molecule has 0 aromatic carbocycles. The molecule has 1 unspecified atom stereocenters. The lowest BCUT2D eigenvalue weighted by atomic mass is 10.0. The molecule has 10 nitrogen and oxygen atoms in total. The number of carbonyl (C=O) groups excluding carboxylic acids is 2. The quantitative estimate of drug-likeness (QED) is 0.0308. The van der Waals surface area contributed by atoms with Gasteiger partial charge in [-0.3, -0.25) is 18.6 Å². The van der Waals surface area contributed by atoms with Gasteiger partial charge in [-0.05, 0) is 12.8 Å². The third-order valence-electron chi connectivity index (χ3n) is 10.3. The molecular weight excluding hydrogens is 719 g/mol. The molecular formula is C44H87O10P. The van der Waals surface area contributed by atoms with E-state index in [1.165, 1.54) is 154 Å². The van der Waals surface area contributed by atoms with Crippen molar-refractivity contribution in [3.63, 3.8) is 0 Å². The summed E-state index contributed by atoms with van der Waals surface area (Å²) in [5, 5.41) is 18.3. The summed E-state index contributed by atoms with van der Waals surface area (Å²) in [6, 6.07) is 0. The van der Waals surface area contributed by atoms with Gasteiger partial charge in [0.05, 0.1) is 19.8 Å². The van der Waals surface area contributed by atoms with Crippen LogP contribution in [0.4, 0.5) is 0 Å². The molecule has 0 aliphatic carbocycles. The molecule has 0 amide bonds. The first-order valence-corrected chi connectivity index (χ1v) is 24.5. The zero-order valence-electron chi connectivity index (χ0n) is 35.7. The Hall–Kier alpha value is -1.03. The molecule has 0 spiro atoms. The maximum Gasteiger partial charge on any atom is 0.472 e. The van der Waals surface area contributed by atoms with Crippen LogP contribution in [-0.2, 0) is 32.7 Å². The fourth-order valence-corrected chi connectivity index (χ4v) is 7.49. The third kappa shape index (κ3) is 40.9. The van der Waals surface area contributed by atoms with Crippen molar-refractivity contribution in [3.8, 4) is 0 Å². The van der Waals surface area contributed by atoms with Crippen molar-refractivity contribution in [1.29, 1.82) is 0 Å². The summed E-state index contributed by atoms with van der Waals surface area (Å²) in [6.07, 6.45) is 37.8. The van der Waals surface area contributed by atoms with Crippen LogP contribution in [0.2, 0.25) is 0 Å². The highest BCUT2D eigenvalue weighted by Gasteiger charge is 2.27. The minimum absolute atomic E-state index is 0.193. The number of aliphatic hydroxyl groups excluding tert-OH is 2. The molecule has 0 saturated heterocycles. The second kappa shape index (κ2) is 41.1. The van der Waals surface area contributed by atoms with Crippen molar-refractivity contribution in [2.75, 3.05) is 26.4 Å². The Morgan fingerprint density at radius 2 is 0.782 bits per heavy atom. The van der Waals surface area contributed by atoms with Gasteiger partial charge in [0, 0.05) is 12.8 Å². The van der Waals surface area contributed by atoms with Crippen LogP contribution >= 0.6 is 7.82 Å². The SMILES string of the molecule is CCCCCCCCCCCCCCCCCCCCCCC(=O)O[C@H](COC(=O)CCCCCCCCCCCCCC)COP(=O)(O)OC[C@@H](O)CO. The lowest BCUT2D eigenvalue weighted by Gasteiger charge is -2.20. The van der Waals surface area contributed by atoms with Crippen molar-refractivity contribution in [1.82, 2.24) is 0 Å². The van der Waals surface area contributed by atoms with Crippen LogP contribution in [0.3, 0.4) is 0 Å². The maximum absolute atomic E-state index is 12.6. The van der Waals surface area contributed by atoms with Crippen LogP contribution in [0.1, 0.15) is 232 Å². The zero-order valence-corrected chi connectivity index (χ0v) is 36.6. The first-order valence-electron chi connectivity index (χ1n) is 23.0. The largest absolute Gasteiger partial charge is 0.472 e. The van der Waals surface area contributed by atoms with E-state index in [0.29, 0.717) is 12.8 Å². The molecule has 0 fully saturated rings. The fraction of sp³-hybridized carbons (Fsp3) is 0.955. The number of hydrogen-bond donors (Lipinski definition) is 3. The van der Waals surface area contributed by atoms with Gasteiger partial charge in [0.15, 0.2) is 6.10 Å². The van der Waals surface area contributed by atoms with Crippen molar-refractivity contribution in [2.24, 2.45) is 0 Å². The van der Waals surface area contributed by atoms with Crippen molar-refractivity contribution >= 4 is 19.8 Å². The van der Waals surface area contributed by atoms with Crippen LogP contribution < -0.4 is 0 Å². The lowest BCUT2D eigenvalue weighted by molar-refractivity contribution is -0.161. The van der Waals surface area contributed by atoms with Gasteiger partial charge in [0.2, 0.25) is 0 Å². The van der Waals surface area contributed by atoms with Gasteiger partial charge in [0.25, 0.3) is 0 Å². The molecule has 11 heteroatoms. The molecule has 0 aromatic rings. The van der Waals surface area contributed by atoms with Crippen LogP contribution in [0.15, 0.2) is 0 Å². The molecule has 55 heavy (non-hydrogen) atoms. The molecule has 0 heterocycles. The van der Waals surface area contributed by atoms with Crippen LogP contribution in [-0.4, -0.2) is 65.7 Å². The summed E-state index contributed by atoms with van der Waals surface area (Å²) >= 11 is 0. The minimum Gasteiger partial charge on any atom is -0.462 e. The van der Waals surface area contributed by atoms with Crippen LogP contribution in [0, 0.1) is 0 Å². The third-order valence-corrected chi connectivity index (χ3v) is 11.2. The first kappa shape index (κ1) is 54.0. The summed E-state index contributed by atoms with van der Waals surface area (Å²) < 4.78 is 32.7.